The molecule has 1 saturated carbocycles. The molecule has 1 aliphatic carbocycles. The first-order valence-corrected chi connectivity index (χ1v) is 7.73. The van der Waals surface area contributed by atoms with Crippen LogP contribution in [0.25, 0.3) is 0 Å². The van der Waals surface area contributed by atoms with Gasteiger partial charge in [0.15, 0.2) is 0 Å². The summed E-state index contributed by atoms with van der Waals surface area (Å²) in [5.74, 6) is -0.367. The molecule has 0 spiro atoms. The number of halogens is 2. The molecule has 2 rings (SSSR count). The van der Waals surface area contributed by atoms with E-state index in [1.165, 1.54) is 6.07 Å². The molecule has 0 aliphatic heterocycles. The molecule has 0 atom stereocenters. The third-order valence-corrected chi connectivity index (χ3v) is 4.15. The van der Waals surface area contributed by atoms with E-state index in [9.17, 15) is 9.18 Å². The monoisotopic (exact) mass is 312 g/mol. The Kier molecular flexibility index (Phi) is 4.89. The molecular formula is C16H22ClFN2O. The second-order valence-electron chi connectivity index (χ2n) is 6.02. The molecule has 5 heteroatoms. The maximum absolute atomic E-state index is 14.0. The molecule has 116 valence electrons. The number of likely N-dealkylation sites (N-methyl/N-ethyl adjacent to an activating group) is 1. The summed E-state index contributed by atoms with van der Waals surface area (Å²) < 4.78 is 14.0. The Bertz CT molecular complexity index is 509. The van der Waals surface area contributed by atoms with E-state index in [0.717, 1.165) is 12.8 Å². The molecule has 1 amide bonds. The Balaban J connectivity index is 2.22. The van der Waals surface area contributed by atoms with Gasteiger partial charge < -0.3 is 10.2 Å². The van der Waals surface area contributed by atoms with Crippen LogP contribution in [0.3, 0.4) is 0 Å². The van der Waals surface area contributed by atoms with Crippen molar-refractivity contribution in [3.63, 3.8) is 0 Å². The van der Waals surface area contributed by atoms with Crippen molar-refractivity contribution in [2.45, 2.75) is 51.7 Å². The average molecular weight is 313 g/mol. The average Bonchev–Trinajstić information content (AvgIpc) is 3.22. The van der Waals surface area contributed by atoms with E-state index in [4.69, 9.17) is 11.6 Å². The molecule has 1 aliphatic rings. The highest BCUT2D eigenvalue weighted by Crippen LogP contribution is 2.32. The van der Waals surface area contributed by atoms with E-state index in [0.29, 0.717) is 17.1 Å². The summed E-state index contributed by atoms with van der Waals surface area (Å²) in [5, 5.41) is 3.55. The minimum absolute atomic E-state index is 0.00818. The lowest BCUT2D eigenvalue weighted by atomic mass is 10.0. The van der Waals surface area contributed by atoms with E-state index in [-0.39, 0.29) is 24.3 Å². The molecule has 0 heterocycles. The Morgan fingerprint density at radius 1 is 1.48 bits per heavy atom. The third kappa shape index (κ3) is 3.74. The van der Waals surface area contributed by atoms with Crippen LogP contribution in [0.1, 0.15) is 39.2 Å². The first-order valence-electron chi connectivity index (χ1n) is 7.35. The number of nitrogens with one attached hydrogen (secondary N) is 1. The van der Waals surface area contributed by atoms with Gasteiger partial charge in [0.1, 0.15) is 5.82 Å². The molecule has 0 bridgehead atoms. The molecule has 0 unspecified atom stereocenters. The van der Waals surface area contributed by atoms with Crippen molar-refractivity contribution in [1.82, 2.24) is 10.2 Å². The summed E-state index contributed by atoms with van der Waals surface area (Å²) in [6, 6.07) is 4.82. The van der Waals surface area contributed by atoms with Gasteiger partial charge in [0.2, 0.25) is 5.91 Å². The van der Waals surface area contributed by atoms with Gasteiger partial charge in [-0.3, -0.25) is 4.79 Å². The lowest BCUT2D eigenvalue weighted by Gasteiger charge is -2.33. The number of rotatable bonds is 6. The zero-order valence-electron chi connectivity index (χ0n) is 12.7. The molecule has 3 nitrogen and oxygen atoms in total. The molecule has 21 heavy (non-hydrogen) atoms. The molecule has 0 radical (unpaired) electrons. The minimum Gasteiger partial charge on any atom is -0.334 e. The van der Waals surface area contributed by atoms with Crippen molar-refractivity contribution < 1.29 is 9.18 Å². The van der Waals surface area contributed by atoms with Crippen LogP contribution in [0.15, 0.2) is 18.2 Å². The molecule has 1 N–H and O–H groups in total. The number of hydrogen-bond donors (Lipinski definition) is 1. The van der Waals surface area contributed by atoms with Crippen molar-refractivity contribution in [3.05, 3.63) is 34.6 Å². The van der Waals surface area contributed by atoms with Crippen molar-refractivity contribution in [2.24, 2.45) is 0 Å². The lowest BCUT2D eigenvalue weighted by Crippen LogP contribution is -2.54. The van der Waals surface area contributed by atoms with Crippen molar-refractivity contribution in [3.8, 4) is 0 Å². The maximum atomic E-state index is 14.0. The first kappa shape index (κ1) is 16.2. The standard InChI is InChI=1S/C16H22ClFN2O/c1-4-19-16(2,3)15(21)20(11-8-9-11)10-12-13(17)6-5-7-14(12)18/h5-7,11,19H,4,8-10H2,1-3H3. The zero-order chi connectivity index (χ0) is 15.6. The van der Waals surface area contributed by atoms with Crippen LogP contribution in [-0.4, -0.2) is 28.9 Å². The highest BCUT2D eigenvalue weighted by molar-refractivity contribution is 6.31. The van der Waals surface area contributed by atoms with Crippen LogP contribution in [0.2, 0.25) is 5.02 Å². The van der Waals surface area contributed by atoms with Gasteiger partial charge in [-0.2, -0.15) is 0 Å². The summed E-state index contributed by atoms with van der Waals surface area (Å²) in [7, 11) is 0. The van der Waals surface area contributed by atoms with Gasteiger partial charge in [-0.25, -0.2) is 4.39 Å². The van der Waals surface area contributed by atoms with E-state index in [1.807, 2.05) is 20.8 Å². The fraction of sp³-hybridized carbons (Fsp3) is 0.562. The van der Waals surface area contributed by atoms with Gasteiger partial charge in [-0.1, -0.05) is 24.6 Å². The summed E-state index contributed by atoms with van der Waals surface area (Å²) in [4.78, 5) is 14.5. The molecule has 1 aromatic carbocycles. The predicted octanol–water partition coefficient (Wildman–Crippen LogP) is 3.36. The Labute approximate surface area is 130 Å². The molecule has 1 aromatic rings. The van der Waals surface area contributed by atoms with Crippen LogP contribution in [-0.2, 0) is 11.3 Å². The van der Waals surface area contributed by atoms with E-state index >= 15 is 0 Å². The Morgan fingerprint density at radius 3 is 2.67 bits per heavy atom. The lowest BCUT2D eigenvalue weighted by molar-refractivity contribution is -0.138. The number of hydrogen-bond acceptors (Lipinski definition) is 2. The van der Waals surface area contributed by atoms with Gasteiger partial charge >= 0.3 is 0 Å². The van der Waals surface area contributed by atoms with E-state index < -0.39 is 5.54 Å². The quantitative estimate of drug-likeness (QED) is 0.873. The first-order chi connectivity index (χ1) is 9.86. The van der Waals surface area contributed by atoms with Gasteiger partial charge in [-0.05, 0) is 45.4 Å². The summed E-state index contributed by atoms with van der Waals surface area (Å²) in [6.07, 6.45) is 1.94. The fourth-order valence-corrected chi connectivity index (χ4v) is 2.71. The number of nitrogens with zero attached hydrogens (tertiary/aromatic N) is 1. The van der Waals surface area contributed by atoms with Crippen LogP contribution in [0.5, 0.6) is 0 Å². The maximum Gasteiger partial charge on any atom is 0.242 e. The van der Waals surface area contributed by atoms with Crippen LogP contribution >= 0.6 is 11.6 Å². The minimum atomic E-state index is -0.658. The zero-order valence-corrected chi connectivity index (χ0v) is 13.5. The van der Waals surface area contributed by atoms with E-state index in [1.54, 1.807) is 17.0 Å². The molecule has 0 saturated heterocycles. The van der Waals surface area contributed by atoms with Gasteiger partial charge in [0.05, 0.1) is 12.1 Å². The molecular weight excluding hydrogens is 291 g/mol. The Hall–Kier alpha value is -1.13. The number of carbonyl (C=O) groups excluding carboxylic acids is 1. The van der Waals surface area contributed by atoms with Crippen molar-refractivity contribution in [2.75, 3.05) is 6.54 Å². The second kappa shape index (κ2) is 6.32. The number of carbonyl (C=O) groups is 1. The molecule has 0 aromatic heterocycles. The largest absolute Gasteiger partial charge is 0.334 e. The smallest absolute Gasteiger partial charge is 0.242 e. The van der Waals surface area contributed by atoms with Gasteiger partial charge in [0.25, 0.3) is 0 Å². The highest BCUT2D eigenvalue weighted by Gasteiger charge is 2.39. The van der Waals surface area contributed by atoms with Crippen LogP contribution in [0.4, 0.5) is 4.39 Å². The number of benzene rings is 1. The highest BCUT2D eigenvalue weighted by atomic mass is 35.5. The number of amides is 1. The Morgan fingerprint density at radius 2 is 2.14 bits per heavy atom. The van der Waals surface area contributed by atoms with Crippen LogP contribution in [0, 0.1) is 5.82 Å². The fourth-order valence-electron chi connectivity index (χ4n) is 2.48. The molecule has 1 fully saturated rings. The predicted molar refractivity (Wildman–Crippen MR) is 82.7 cm³/mol. The summed E-state index contributed by atoms with van der Waals surface area (Å²) in [6.45, 7) is 6.61. The van der Waals surface area contributed by atoms with E-state index in [2.05, 4.69) is 5.32 Å². The van der Waals surface area contributed by atoms with Gasteiger partial charge in [0, 0.05) is 16.6 Å². The van der Waals surface area contributed by atoms with Crippen molar-refractivity contribution >= 4 is 17.5 Å². The normalized spacial score (nSPS) is 15.1. The summed E-state index contributed by atoms with van der Waals surface area (Å²) >= 11 is 6.09. The second-order valence-corrected chi connectivity index (χ2v) is 6.43. The van der Waals surface area contributed by atoms with Gasteiger partial charge in [-0.15, -0.1) is 0 Å². The topological polar surface area (TPSA) is 32.3 Å². The van der Waals surface area contributed by atoms with Crippen LogP contribution < -0.4 is 5.32 Å². The SMILES string of the molecule is CCNC(C)(C)C(=O)N(Cc1c(F)cccc1Cl)C1CC1. The van der Waals surface area contributed by atoms with Crippen molar-refractivity contribution in [1.29, 1.82) is 0 Å². The summed E-state index contributed by atoms with van der Waals surface area (Å²) in [5.41, 5.74) is -0.263. The third-order valence-electron chi connectivity index (χ3n) is 3.79.